The molecule has 4 rings (SSSR count). The van der Waals surface area contributed by atoms with Crippen molar-refractivity contribution in [1.82, 2.24) is 15.0 Å². The molecule has 1 amide bonds. The molecule has 1 aliphatic rings. The van der Waals surface area contributed by atoms with Gasteiger partial charge in [0.05, 0.1) is 14.2 Å². The maximum Gasteiger partial charge on any atom is 0.227 e. The van der Waals surface area contributed by atoms with E-state index in [-0.39, 0.29) is 17.8 Å². The molecule has 0 spiro atoms. The first-order chi connectivity index (χ1) is 16.6. The number of piperidine rings is 1. The number of methoxy groups -OCH3 is 2. The molecule has 180 valence electrons. The van der Waals surface area contributed by atoms with Crippen molar-refractivity contribution in [3.63, 3.8) is 0 Å². The van der Waals surface area contributed by atoms with Crippen molar-refractivity contribution in [2.24, 2.45) is 0 Å². The molecule has 7 nitrogen and oxygen atoms in total. The second-order valence-electron chi connectivity index (χ2n) is 8.48. The first-order valence-corrected chi connectivity index (χ1v) is 11.7. The molecular formula is C26H30FN3O4. The minimum Gasteiger partial charge on any atom is -0.493 e. The molecule has 2 heterocycles. The molecule has 34 heavy (non-hydrogen) atoms. The van der Waals surface area contributed by atoms with Gasteiger partial charge < -0.3 is 18.9 Å². The van der Waals surface area contributed by atoms with Gasteiger partial charge in [0.25, 0.3) is 0 Å². The average Bonchev–Trinajstić information content (AvgIpc) is 3.35. The van der Waals surface area contributed by atoms with Crippen LogP contribution in [0.25, 0.3) is 11.4 Å². The first kappa shape index (κ1) is 23.7. The van der Waals surface area contributed by atoms with Gasteiger partial charge in [0.2, 0.25) is 17.6 Å². The Hall–Kier alpha value is -3.42. The van der Waals surface area contributed by atoms with Crippen LogP contribution in [-0.2, 0) is 17.6 Å². The standard InChI is InChI=1S/C26H30FN3O4/c1-32-22-13-7-18(17-23(22)33-2)6-12-21-5-3-4-16-30(21)25(31)15-14-24-28-26(29-34-24)19-8-10-20(27)11-9-19/h7-11,13,17,21H,3-6,12,14-16H2,1-2H3. The average molecular weight is 468 g/mol. The second kappa shape index (κ2) is 11.1. The molecule has 3 aromatic rings. The van der Waals surface area contributed by atoms with Crippen molar-refractivity contribution in [3.05, 3.63) is 59.7 Å². The Bertz CT molecular complexity index is 1100. The molecule has 0 N–H and O–H groups in total. The third kappa shape index (κ3) is 5.73. The van der Waals surface area contributed by atoms with Gasteiger partial charge in [0, 0.05) is 31.0 Å². The maximum absolute atomic E-state index is 13.1. The van der Waals surface area contributed by atoms with Gasteiger partial charge in [-0.15, -0.1) is 0 Å². The van der Waals surface area contributed by atoms with Crippen LogP contribution < -0.4 is 9.47 Å². The number of amides is 1. The predicted octanol–water partition coefficient (Wildman–Crippen LogP) is 4.84. The lowest BCUT2D eigenvalue weighted by Crippen LogP contribution is -2.44. The van der Waals surface area contributed by atoms with Crippen LogP contribution in [0.4, 0.5) is 4.39 Å². The summed E-state index contributed by atoms with van der Waals surface area (Å²) >= 11 is 0. The highest BCUT2D eigenvalue weighted by Gasteiger charge is 2.26. The number of benzene rings is 2. The summed E-state index contributed by atoms with van der Waals surface area (Å²) in [5, 5.41) is 3.96. The fourth-order valence-corrected chi connectivity index (χ4v) is 4.43. The Kier molecular flexibility index (Phi) is 7.77. The van der Waals surface area contributed by atoms with E-state index in [0.717, 1.165) is 50.0 Å². The molecule has 0 aliphatic carbocycles. The number of halogens is 1. The molecule has 2 aromatic carbocycles. The van der Waals surface area contributed by atoms with Gasteiger partial charge in [-0.3, -0.25) is 4.79 Å². The Morgan fingerprint density at radius 1 is 1.09 bits per heavy atom. The minimum atomic E-state index is -0.319. The summed E-state index contributed by atoms with van der Waals surface area (Å²) in [6.07, 6.45) is 5.62. The molecule has 0 bridgehead atoms. The van der Waals surface area contributed by atoms with Crippen LogP contribution in [0.5, 0.6) is 11.5 Å². The molecule has 1 aromatic heterocycles. The molecule has 1 aliphatic heterocycles. The quantitative estimate of drug-likeness (QED) is 0.448. The van der Waals surface area contributed by atoms with E-state index in [9.17, 15) is 9.18 Å². The highest BCUT2D eigenvalue weighted by molar-refractivity contribution is 5.76. The lowest BCUT2D eigenvalue weighted by molar-refractivity contribution is -0.135. The topological polar surface area (TPSA) is 77.7 Å². The smallest absolute Gasteiger partial charge is 0.227 e. The lowest BCUT2D eigenvalue weighted by Gasteiger charge is -2.36. The Morgan fingerprint density at radius 3 is 2.65 bits per heavy atom. The number of aromatic nitrogens is 2. The van der Waals surface area contributed by atoms with E-state index in [1.807, 2.05) is 23.1 Å². The third-order valence-electron chi connectivity index (χ3n) is 6.28. The third-order valence-corrected chi connectivity index (χ3v) is 6.28. The maximum atomic E-state index is 13.1. The molecule has 0 radical (unpaired) electrons. The van der Waals surface area contributed by atoms with Gasteiger partial charge in [-0.05, 0) is 74.1 Å². The summed E-state index contributed by atoms with van der Waals surface area (Å²) in [6, 6.07) is 12.1. The van der Waals surface area contributed by atoms with E-state index in [1.54, 1.807) is 26.4 Å². The van der Waals surface area contributed by atoms with Crippen LogP contribution in [0.2, 0.25) is 0 Å². The zero-order valence-electron chi connectivity index (χ0n) is 19.6. The molecule has 1 unspecified atom stereocenters. The predicted molar refractivity (Wildman–Crippen MR) is 125 cm³/mol. The van der Waals surface area contributed by atoms with E-state index >= 15 is 0 Å². The van der Waals surface area contributed by atoms with E-state index in [0.29, 0.717) is 35.9 Å². The van der Waals surface area contributed by atoms with Crippen LogP contribution in [0.15, 0.2) is 47.0 Å². The van der Waals surface area contributed by atoms with Crippen LogP contribution >= 0.6 is 0 Å². The molecule has 8 heteroatoms. The van der Waals surface area contributed by atoms with E-state index in [4.69, 9.17) is 14.0 Å². The number of ether oxygens (including phenoxy) is 2. The molecule has 1 saturated heterocycles. The molecular weight excluding hydrogens is 437 g/mol. The van der Waals surface area contributed by atoms with E-state index in [2.05, 4.69) is 10.1 Å². The largest absolute Gasteiger partial charge is 0.493 e. The summed E-state index contributed by atoms with van der Waals surface area (Å²) < 4.78 is 29.2. The number of rotatable bonds is 9. The highest BCUT2D eigenvalue weighted by atomic mass is 19.1. The number of nitrogens with zero attached hydrogens (tertiary/aromatic N) is 3. The molecule has 1 fully saturated rings. The van der Waals surface area contributed by atoms with Gasteiger partial charge in [0.15, 0.2) is 11.5 Å². The zero-order chi connectivity index (χ0) is 23.9. The number of hydrogen-bond acceptors (Lipinski definition) is 6. The van der Waals surface area contributed by atoms with Gasteiger partial charge in [-0.25, -0.2) is 4.39 Å². The van der Waals surface area contributed by atoms with Crippen LogP contribution in [0, 0.1) is 5.82 Å². The van der Waals surface area contributed by atoms with Gasteiger partial charge in [-0.2, -0.15) is 4.98 Å². The summed E-state index contributed by atoms with van der Waals surface area (Å²) in [5.74, 6) is 2.03. The molecule has 1 atom stereocenters. The Balaban J connectivity index is 1.33. The van der Waals surface area contributed by atoms with Crippen molar-refractivity contribution >= 4 is 5.91 Å². The fourth-order valence-electron chi connectivity index (χ4n) is 4.43. The fraction of sp³-hybridized carbons (Fsp3) is 0.423. The van der Waals surface area contributed by atoms with Crippen molar-refractivity contribution in [3.8, 4) is 22.9 Å². The van der Waals surface area contributed by atoms with Crippen LogP contribution in [0.1, 0.15) is 43.6 Å². The highest BCUT2D eigenvalue weighted by Crippen LogP contribution is 2.29. The second-order valence-corrected chi connectivity index (χ2v) is 8.48. The summed E-state index contributed by atoms with van der Waals surface area (Å²) in [4.78, 5) is 19.4. The number of likely N-dealkylation sites (tertiary alicyclic amines) is 1. The van der Waals surface area contributed by atoms with Crippen molar-refractivity contribution < 1.29 is 23.2 Å². The Labute approximate surface area is 198 Å². The number of aryl methyl sites for hydroxylation is 2. The Morgan fingerprint density at radius 2 is 1.88 bits per heavy atom. The van der Waals surface area contributed by atoms with Gasteiger partial charge >= 0.3 is 0 Å². The zero-order valence-corrected chi connectivity index (χ0v) is 19.6. The van der Waals surface area contributed by atoms with Crippen LogP contribution in [-0.4, -0.2) is 47.8 Å². The van der Waals surface area contributed by atoms with Crippen molar-refractivity contribution in [1.29, 1.82) is 0 Å². The van der Waals surface area contributed by atoms with Crippen LogP contribution in [0.3, 0.4) is 0 Å². The minimum absolute atomic E-state index is 0.110. The number of carbonyl (C=O) groups excluding carboxylic acids is 1. The van der Waals surface area contributed by atoms with E-state index in [1.165, 1.54) is 12.1 Å². The van der Waals surface area contributed by atoms with Crippen molar-refractivity contribution in [2.75, 3.05) is 20.8 Å². The normalized spacial score (nSPS) is 15.9. The summed E-state index contributed by atoms with van der Waals surface area (Å²) in [6.45, 7) is 0.778. The van der Waals surface area contributed by atoms with E-state index < -0.39 is 0 Å². The SMILES string of the molecule is COc1ccc(CCC2CCCCN2C(=O)CCc2nc(-c3ccc(F)cc3)no2)cc1OC. The summed E-state index contributed by atoms with van der Waals surface area (Å²) in [7, 11) is 3.26. The number of carbonyl (C=O) groups is 1. The molecule has 0 saturated carbocycles. The van der Waals surface area contributed by atoms with Gasteiger partial charge in [-0.1, -0.05) is 11.2 Å². The first-order valence-electron chi connectivity index (χ1n) is 11.7. The lowest BCUT2D eigenvalue weighted by atomic mass is 9.95. The van der Waals surface area contributed by atoms with Crippen molar-refractivity contribution in [2.45, 2.75) is 51.0 Å². The van der Waals surface area contributed by atoms with Gasteiger partial charge in [0.1, 0.15) is 5.82 Å². The summed E-state index contributed by atoms with van der Waals surface area (Å²) in [5.41, 5.74) is 1.84. The monoisotopic (exact) mass is 467 g/mol. The number of hydrogen-bond donors (Lipinski definition) is 0.